The van der Waals surface area contributed by atoms with E-state index >= 15 is 0 Å². The van der Waals surface area contributed by atoms with Crippen LogP contribution in [-0.2, 0) is 17.8 Å². The number of H-pyrrole nitrogens is 1. The van der Waals surface area contributed by atoms with Crippen LogP contribution in [0.3, 0.4) is 0 Å². The van der Waals surface area contributed by atoms with Gasteiger partial charge in [0.25, 0.3) is 0 Å². The van der Waals surface area contributed by atoms with Crippen LogP contribution in [0.1, 0.15) is 11.1 Å². The van der Waals surface area contributed by atoms with Crippen molar-refractivity contribution in [3.05, 3.63) is 58.4 Å². The maximum atomic E-state index is 12.1. The lowest BCUT2D eigenvalue weighted by molar-refractivity contribution is -0.122. The second-order valence-corrected chi connectivity index (χ2v) is 5.80. The van der Waals surface area contributed by atoms with E-state index in [-0.39, 0.29) is 5.91 Å². The number of carbonyl (C=O) groups excluding carboxylic acids is 1. The lowest BCUT2D eigenvalue weighted by Gasteiger charge is -2.11. The highest BCUT2D eigenvalue weighted by Crippen LogP contribution is 2.18. The Labute approximate surface area is 127 Å². The van der Waals surface area contributed by atoms with Crippen LogP contribution < -0.4 is 11.1 Å². The molecule has 5 heteroatoms. The molecule has 0 aliphatic heterocycles. The van der Waals surface area contributed by atoms with Gasteiger partial charge in [-0.05, 0) is 40.4 Å². The molecule has 0 radical (unpaired) electrons. The maximum absolute atomic E-state index is 12.1. The Morgan fingerprint density at radius 2 is 2.19 bits per heavy atom. The van der Waals surface area contributed by atoms with E-state index in [1.54, 1.807) is 11.3 Å². The second kappa shape index (κ2) is 6.11. The summed E-state index contributed by atoms with van der Waals surface area (Å²) >= 11 is 1.62. The molecular formula is C16H17N3OS. The number of nitrogens with one attached hydrogen (secondary N) is 2. The van der Waals surface area contributed by atoms with Crippen molar-refractivity contribution in [3.63, 3.8) is 0 Å². The third-order valence-corrected chi connectivity index (χ3v) is 4.23. The first-order valence-corrected chi connectivity index (χ1v) is 7.77. The van der Waals surface area contributed by atoms with E-state index < -0.39 is 6.04 Å². The van der Waals surface area contributed by atoms with Gasteiger partial charge in [0.2, 0.25) is 5.91 Å². The van der Waals surface area contributed by atoms with Crippen LogP contribution in [0.4, 0.5) is 0 Å². The van der Waals surface area contributed by atoms with Crippen molar-refractivity contribution in [3.8, 4) is 0 Å². The molecule has 1 amide bonds. The quantitative estimate of drug-likeness (QED) is 0.677. The van der Waals surface area contributed by atoms with E-state index in [1.165, 1.54) is 0 Å². The molecule has 2 heterocycles. The molecule has 0 bridgehead atoms. The van der Waals surface area contributed by atoms with Crippen LogP contribution in [-0.4, -0.2) is 16.9 Å². The fourth-order valence-corrected chi connectivity index (χ4v) is 3.01. The van der Waals surface area contributed by atoms with Gasteiger partial charge in [0, 0.05) is 23.6 Å². The van der Waals surface area contributed by atoms with Gasteiger partial charge in [-0.25, -0.2) is 0 Å². The number of benzene rings is 1. The number of hydrogen-bond donors (Lipinski definition) is 3. The SMILES string of the molecule is N[C@@H](Cc1c[nH]c2ccccc12)C(=O)NCc1ccsc1. The highest BCUT2D eigenvalue weighted by atomic mass is 32.1. The minimum atomic E-state index is -0.539. The van der Waals surface area contributed by atoms with Gasteiger partial charge in [-0.3, -0.25) is 4.79 Å². The molecule has 108 valence electrons. The van der Waals surface area contributed by atoms with Crippen molar-refractivity contribution in [2.45, 2.75) is 19.0 Å². The van der Waals surface area contributed by atoms with Crippen molar-refractivity contribution in [1.82, 2.24) is 10.3 Å². The number of rotatable bonds is 5. The lowest BCUT2D eigenvalue weighted by atomic mass is 10.1. The molecule has 21 heavy (non-hydrogen) atoms. The summed E-state index contributed by atoms with van der Waals surface area (Å²) in [5.74, 6) is -0.119. The van der Waals surface area contributed by atoms with Crippen LogP contribution in [0.2, 0.25) is 0 Å². The standard InChI is InChI=1S/C16H17N3OS/c17-14(16(20)19-8-11-5-6-21-10-11)7-12-9-18-15-4-2-1-3-13(12)15/h1-6,9-10,14,18H,7-8,17H2,(H,19,20)/t14-/m0/s1. The minimum absolute atomic E-state index is 0.119. The Kier molecular flexibility index (Phi) is 4.03. The summed E-state index contributed by atoms with van der Waals surface area (Å²) in [5.41, 5.74) is 9.26. The van der Waals surface area contributed by atoms with Gasteiger partial charge in [-0.15, -0.1) is 0 Å². The van der Waals surface area contributed by atoms with Crippen molar-refractivity contribution >= 4 is 28.1 Å². The normalized spacial score (nSPS) is 12.4. The Morgan fingerprint density at radius 1 is 1.33 bits per heavy atom. The molecule has 0 spiro atoms. The number of aromatic amines is 1. The van der Waals surface area contributed by atoms with Crippen LogP contribution in [0, 0.1) is 0 Å². The van der Waals surface area contributed by atoms with Crippen LogP contribution in [0.5, 0.6) is 0 Å². The zero-order valence-corrected chi connectivity index (χ0v) is 12.3. The Morgan fingerprint density at radius 3 is 3.00 bits per heavy atom. The van der Waals surface area contributed by atoms with Crippen molar-refractivity contribution < 1.29 is 4.79 Å². The molecule has 0 fully saturated rings. The third kappa shape index (κ3) is 3.15. The summed E-state index contributed by atoms with van der Waals surface area (Å²) < 4.78 is 0. The number of para-hydroxylation sites is 1. The summed E-state index contributed by atoms with van der Waals surface area (Å²) in [7, 11) is 0. The predicted molar refractivity (Wildman–Crippen MR) is 86.1 cm³/mol. The van der Waals surface area contributed by atoms with E-state index in [0.29, 0.717) is 13.0 Å². The number of aromatic nitrogens is 1. The molecule has 4 N–H and O–H groups in total. The molecule has 3 rings (SSSR count). The number of thiophene rings is 1. The van der Waals surface area contributed by atoms with Crippen LogP contribution in [0.15, 0.2) is 47.3 Å². The average Bonchev–Trinajstić information content (AvgIpc) is 3.15. The fourth-order valence-electron chi connectivity index (χ4n) is 2.34. The number of nitrogens with two attached hydrogens (primary N) is 1. The summed E-state index contributed by atoms with van der Waals surface area (Å²) in [6, 6.07) is 9.48. The molecule has 4 nitrogen and oxygen atoms in total. The van der Waals surface area contributed by atoms with Crippen LogP contribution in [0.25, 0.3) is 10.9 Å². The molecule has 0 saturated heterocycles. The number of amides is 1. The monoisotopic (exact) mass is 299 g/mol. The molecule has 1 atom stereocenters. The zero-order chi connectivity index (χ0) is 14.7. The molecule has 0 saturated carbocycles. The summed E-state index contributed by atoms with van der Waals surface area (Å²) in [6.07, 6.45) is 2.45. The molecule has 1 aromatic carbocycles. The van der Waals surface area contributed by atoms with Gasteiger partial charge in [0.05, 0.1) is 6.04 Å². The third-order valence-electron chi connectivity index (χ3n) is 3.50. The Hall–Kier alpha value is -2.11. The Balaban J connectivity index is 1.62. The largest absolute Gasteiger partial charge is 0.361 e. The summed E-state index contributed by atoms with van der Waals surface area (Å²) in [4.78, 5) is 15.3. The Bertz CT molecular complexity index is 733. The van der Waals surface area contributed by atoms with Gasteiger partial charge in [-0.2, -0.15) is 11.3 Å². The highest BCUT2D eigenvalue weighted by molar-refractivity contribution is 7.07. The zero-order valence-electron chi connectivity index (χ0n) is 11.5. The van der Waals surface area contributed by atoms with Crippen molar-refractivity contribution in [2.24, 2.45) is 5.73 Å². The average molecular weight is 299 g/mol. The molecule has 3 aromatic rings. The smallest absolute Gasteiger partial charge is 0.237 e. The first-order valence-electron chi connectivity index (χ1n) is 6.83. The van der Waals surface area contributed by atoms with E-state index in [9.17, 15) is 4.79 Å². The summed E-state index contributed by atoms with van der Waals surface area (Å²) in [5, 5.41) is 8.01. The topological polar surface area (TPSA) is 70.9 Å². The van der Waals surface area contributed by atoms with Crippen molar-refractivity contribution in [1.29, 1.82) is 0 Å². The highest BCUT2D eigenvalue weighted by Gasteiger charge is 2.15. The van der Waals surface area contributed by atoms with E-state index in [1.807, 2.05) is 47.3 Å². The minimum Gasteiger partial charge on any atom is -0.361 e. The van der Waals surface area contributed by atoms with Gasteiger partial charge in [-0.1, -0.05) is 18.2 Å². The van der Waals surface area contributed by atoms with Gasteiger partial charge < -0.3 is 16.0 Å². The number of fused-ring (bicyclic) bond motifs is 1. The lowest BCUT2D eigenvalue weighted by Crippen LogP contribution is -2.41. The predicted octanol–water partition coefficient (Wildman–Crippen LogP) is 2.42. The second-order valence-electron chi connectivity index (χ2n) is 5.02. The fraction of sp³-hybridized carbons (Fsp3) is 0.188. The van der Waals surface area contributed by atoms with Gasteiger partial charge >= 0.3 is 0 Å². The molecule has 0 unspecified atom stereocenters. The summed E-state index contributed by atoms with van der Waals surface area (Å²) in [6.45, 7) is 0.532. The number of carbonyl (C=O) groups is 1. The van der Waals surface area contributed by atoms with Crippen LogP contribution >= 0.6 is 11.3 Å². The van der Waals surface area contributed by atoms with Crippen molar-refractivity contribution in [2.75, 3.05) is 0 Å². The van der Waals surface area contributed by atoms with Gasteiger partial charge in [0.1, 0.15) is 0 Å². The molecule has 2 aromatic heterocycles. The maximum Gasteiger partial charge on any atom is 0.237 e. The van der Waals surface area contributed by atoms with E-state index in [4.69, 9.17) is 5.73 Å². The van der Waals surface area contributed by atoms with Gasteiger partial charge in [0.15, 0.2) is 0 Å². The first-order chi connectivity index (χ1) is 10.2. The number of hydrogen-bond acceptors (Lipinski definition) is 3. The molecule has 0 aliphatic carbocycles. The first kappa shape index (κ1) is 13.9. The molecular weight excluding hydrogens is 282 g/mol. The van der Waals surface area contributed by atoms with E-state index in [0.717, 1.165) is 22.0 Å². The molecule has 0 aliphatic rings. The van der Waals surface area contributed by atoms with E-state index in [2.05, 4.69) is 10.3 Å².